The number of hydrogen-bond donors (Lipinski definition) is 6. The Hall–Kier alpha value is -7.24. The summed E-state index contributed by atoms with van der Waals surface area (Å²) in [7, 11) is 1.50. The third-order valence-corrected chi connectivity index (χ3v) is 15.6. The van der Waals surface area contributed by atoms with Crippen LogP contribution in [0, 0.1) is 22.7 Å². The lowest BCUT2D eigenvalue weighted by Crippen LogP contribution is -2.58. The van der Waals surface area contributed by atoms with E-state index in [2.05, 4.69) is 44.0 Å². The molecule has 3 aliphatic rings. The summed E-state index contributed by atoms with van der Waals surface area (Å²) in [6.45, 7) is 18.3. The van der Waals surface area contributed by atoms with Crippen molar-refractivity contribution in [1.29, 1.82) is 0 Å². The zero-order chi connectivity index (χ0) is 58.2. The van der Waals surface area contributed by atoms with Gasteiger partial charge in [-0.25, -0.2) is 9.59 Å². The number of methoxy groups -OCH3 is 1. The molecule has 0 saturated carbocycles. The summed E-state index contributed by atoms with van der Waals surface area (Å²) in [5, 5.41) is 17.3. The summed E-state index contributed by atoms with van der Waals surface area (Å²) < 4.78 is 23.5. The molecule has 2 heterocycles. The quantitative estimate of drug-likeness (QED) is 0.0463. The van der Waals surface area contributed by atoms with Crippen LogP contribution in [0.5, 0.6) is 5.75 Å². The molecule has 0 spiro atoms. The summed E-state index contributed by atoms with van der Waals surface area (Å²) in [5.41, 5.74) is 5.04. The number of hydrogen-bond acceptors (Lipinski definition) is 11. The molecule has 7 rings (SSSR count). The lowest BCUT2D eigenvalue weighted by Gasteiger charge is -2.35. The lowest BCUT2D eigenvalue weighted by atomic mass is 9.82. The van der Waals surface area contributed by atoms with Gasteiger partial charge in [-0.05, 0) is 103 Å². The molecule has 0 bridgehead atoms. The first-order valence-electron chi connectivity index (χ1n) is 27.4. The Balaban J connectivity index is 0.959. The molecule has 1 aliphatic carbocycles. The fraction of sp³-hybridized carbons (Fsp3) is 0.468. The number of esters is 1. The monoisotopic (exact) mass is 1120 g/mol. The molecule has 18 heteroatoms. The molecule has 4 aromatic rings. The first-order valence-corrected chi connectivity index (χ1v) is 27.8. The minimum absolute atomic E-state index is 0.0851. The van der Waals surface area contributed by atoms with Crippen molar-refractivity contribution in [3.8, 4) is 16.9 Å². The van der Waals surface area contributed by atoms with Crippen LogP contribution in [0.3, 0.4) is 0 Å². The number of benzene rings is 4. The molecule has 9 atom stereocenters. The normalized spacial score (nSPS) is 22.9. The van der Waals surface area contributed by atoms with Gasteiger partial charge in [0.2, 0.25) is 29.5 Å². The number of nitrogens with one attached hydrogen (secondary N) is 6. The highest BCUT2D eigenvalue weighted by molar-refractivity contribution is 6.32. The molecule has 428 valence electrons. The van der Waals surface area contributed by atoms with Crippen LogP contribution in [0.2, 0.25) is 5.02 Å². The van der Waals surface area contributed by atoms with Crippen molar-refractivity contribution in [1.82, 2.24) is 31.9 Å². The third kappa shape index (κ3) is 15.2. The molecule has 17 nitrogen and oxygen atoms in total. The highest BCUT2D eigenvalue weighted by atomic mass is 35.5. The van der Waals surface area contributed by atoms with E-state index in [4.69, 9.17) is 30.5 Å². The van der Waals surface area contributed by atoms with Gasteiger partial charge in [0.1, 0.15) is 48.7 Å². The summed E-state index contributed by atoms with van der Waals surface area (Å²) >= 11 is 6.42. The van der Waals surface area contributed by atoms with Gasteiger partial charge in [0.15, 0.2) is 0 Å². The van der Waals surface area contributed by atoms with E-state index in [1.807, 2.05) is 88.4 Å². The van der Waals surface area contributed by atoms with E-state index >= 15 is 0 Å². The summed E-state index contributed by atoms with van der Waals surface area (Å²) in [5.74, 6) is -3.51. The number of halogens is 1. The highest BCUT2D eigenvalue weighted by Crippen LogP contribution is 2.46. The number of carbonyl (C=O) groups is 7. The maximum atomic E-state index is 14.2. The van der Waals surface area contributed by atoms with Crippen molar-refractivity contribution in [3.05, 3.63) is 136 Å². The van der Waals surface area contributed by atoms with Crippen molar-refractivity contribution in [2.75, 3.05) is 13.7 Å². The largest absolute Gasteiger partial charge is 0.495 e. The molecule has 0 aromatic heterocycles. The lowest BCUT2D eigenvalue weighted by molar-refractivity contribution is -0.157. The number of ether oxygens (including phenoxy) is 4. The third-order valence-electron chi connectivity index (χ3n) is 15.4. The second-order valence-corrected chi connectivity index (χ2v) is 23.8. The van der Waals surface area contributed by atoms with Crippen LogP contribution in [0.15, 0.2) is 103 Å². The van der Waals surface area contributed by atoms with Crippen LogP contribution < -0.4 is 36.6 Å². The fourth-order valence-electron chi connectivity index (χ4n) is 10.1. The van der Waals surface area contributed by atoms with Gasteiger partial charge in [-0.3, -0.25) is 24.0 Å². The zero-order valence-electron chi connectivity index (χ0n) is 47.6. The Kier molecular flexibility index (Phi) is 19.6. The van der Waals surface area contributed by atoms with Crippen molar-refractivity contribution in [2.24, 2.45) is 22.7 Å². The van der Waals surface area contributed by atoms with Crippen molar-refractivity contribution < 1.29 is 52.5 Å². The van der Waals surface area contributed by atoms with Gasteiger partial charge in [0.05, 0.1) is 23.7 Å². The minimum Gasteiger partial charge on any atom is -0.495 e. The van der Waals surface area contributed by atoms with E-state index in [9.17, 15) is 33.6 Å². The van der Waals surface area contributed by atoms with Crippen LogP contribution in [0.4, 0.5) is 4.79 Å². The summed E-state index contributed by atoms with van der Waals surface area (Å²) in [6.07, 6.45) is 1.09. The molecule has 80 heavy (non-hydrogen) atoms. The number of carbonyl (C=O) groups excluding carboxylic acids is 7. The van der Waals surface area contributed by atoms with E-state index in [1.54, 1.807) is 65.8 Å². The topological polar surface area (TPSA) is 232 Å². The Morgan fingerprint density at radius 1 is 0.812 bits per heavy atom. The molecule has 0 radical (unpaired) electrons. The predicted molar refractivity (Wildman–Crippen MR) is 304 cm³/mol. The van der Waals surface area contributed by atoms with Gasteiger partial charge in [0, 0.05) is 37.3 Å². The molecular formula is C62H77ClN6O11. The van der Waals surface area contributed by atoms with Gasteiger partial charge in [-0.15, -0.1) is 0 Å². The first kappa shape index (κ1) is 60.4. The fourth-order valence-corrected chi connectivity index (χ4v) is 10.4. The molecule has 6 amide bonds. The van der Waals surface area contributed by atoms with E-state index in [1.165, 1.54) is 13.2 Å². The van der Waals surface area contributed by atoms with Gasteiger partial charge in [-0.2, -0.15) is 0 Å². The van der Waals surface area contributed by atoms with Crippen LogP contribution in [0.1, 0.15) is 122 Å². The average molecular weight is 1120 g/mol. The van der Waals surface area contributed by atoms with Crippen LogP contribution >= 0.6 is 11.6 Å². The Bertz CT molecular complexity index is 2910. The van der Waals surface area contributed by atoms with Gasteiger partial charge >= 0.3 is 12.1 Å². The highest BCUT2D eigenvalue weighted by Gasteiger charge is 2.48. The number of fused-ring (bicyclic) bond motifs is 3. The van der Waals surface area contributed by atoms with Crippen molar-refractivity contribution >= 4 is 53.2 Å². The number of cyclic esters (lactones) is 1. The van der Waals surface area contributed by atoms with E-state index in [-0.39, 0.29) is 56.5 Å². The number of alkyl carbamates (subject to hydrolysis) is 1. The van der Waals surface area contributed by atoms with E-state index in [0.717, 1.165) is 33.4 Å². The standard InChI is InChI=1S/C62H77ClN6O11/c1-34(2)52(69-60(76)78-33-45-43-19-14-12-17-41(43)42-18-13-15-20-44(42)45)57(73)65-36(4)55(71)64-32-38-23-26-40(27-24-38)54-53(80-54)35(3)49-21-16-22-51(70)67-47(30-39-25-28-50(77-11)46(63)29-39)56(72)66-37(5)62(9,10)59(75)68-48(58(74)79-49)31-61(6,7)8/h12-20,22-29,34-37,45,47-49,52-54H,21,30-33H2,1-11H3,(H,64,71)(H,65,73)(H,66,72)(H,67,70)(H,68,75)(H,69,76)/b22-16-/t35-,36-,37?,47+,48-,49-,52-,53+,54+/m0/s1. The SMILES string of the molecule is COc1ccc(C[C@H]2NC(=O)/C=C\C[C@@H]([C@H](C)[C@H]3O[C@@H]3c3ccc(CNC(=O)[C@H](C)NC(=O)[C@@H](NC(=O)OCC4c5ccccc5-c5ccccc54)C(C)C)cc3)OC(=O)[C@H](CC(C)(C)C)NC(=O)C(C)(C)C(C)NC2=O)cc1Cl. The molecular weight excluding hydrogens is 1040 g/mol. The van der Waals surface area contributed by atoms with Crippen LogP contribution in [-0.4, -0.2) is 97.7 Å². The second kappa shape index (κ2) is 25.9. The Labute approximate surface area is 474 Å². The Morgan fingerprint density at radius 2 is 1.45 bits per heavy atom. The molecule has 6 N–H and O–H groups in total. The van der Waals surface area contributed by atoms with Crippen LogP contribution in [0.25, 0.3) is 11.1 Å². The van der Waals surface area contributed by atoms with Crippen molar-refractivity contribution in [3.63, 3.8) is 0 Å². The smallest absolute Gasteiger partial charge is 0.407 e. The molecule has 1 unspecified atom stereocenters. The first-order chi connectivity index (χ1) is 37.8. The van der Waals surface area contributed by atoms with E-state index < -0.39 is 94.7 Å². The number of amides is 6. The maximum absolute atomic E-state index is 14.2. The minimum atomic E-state index is -1.21. The second-order valence-electron chi connectivity index (χ2n) is 23.4. The number of rotatable bonds is 16. The predicted octanol–water partition coefficient (Wildman–Crippen LogP) is 8.16. The molecule has 2 aliphatic heterocycles. The maximum Gasteiger partial charge on any atom is 0.407 e. The van der Waals surface area contributed by atoms with Crippen LogP contribution in [-0.2, 0) is 55.9 Å². The molecule has 4 aromatic carbocycles. The van der Waals surface area contributed by atoms with E-state index in [0.29, 0.717) is 16.3 Å². The Morgan fingerprint density at radius 3 is 2.06 bits per heavy atom. The van der Waals surface area contributed by atoms with Gasteiger partial charge in [0.25, 0.3) is 0 Å². The summed E-state index contributed by atoms with van der Waals surface area (Å²) in [4.78, 5) is 95.8. The summed E-state index contributed by atoms with van der Waals surface area (Å²) in [6, 6.07) is 24.0. The van der Waals surface area contributed by atoms with Crippen molar-refractivity contribution in [2.45, 2.75) is 149 Å². The molecule has 1 fully saturated rings. The molecule has 1 saturated heterocycles. The van der Waals surface area contributed by atoms with Gasteiger partial charge < -0.3 is 50.8 Å². The average Bonchev–Trinajstić information content (AvgIpc) is 4.19. The number of epoxide rings is 1. The van der Waals surface area contributed by atoms with Gasteiger partial charge in [-0.1, -0.05) is 138 Å². The zero-order valence-corrected chi connectivity index (χ0v) is 48.3.